The molecule has 0 aromatic heterocycles. The van der Waals surface area contributed by atoms with E-state index >= 15 is 0 Å². The molecule has 0 saturated carbocycles. The maximum atomic E-state index is 13.4. The standard InChI is InChI=1S/C11H14FNO3/c1-15-9(16-2)6-7-4-3-5-8(12)10(7)11(13)14/h3-5,9H,6H2,1-2H3,(H2,13,14). The number of rotatable bonds is 5. The van der Waals surface area contributed by atoms with E-state index < -0.39 is 18.0 Å². The molecule has 0 aliphatic heterocycles. The molecule has 1 rings (SSSR count). The zero-order valence-electron chi connectivity index (χ0n) is 9.20. The van der Waals surface area contributed by atoms with E-state index in [1.165, 1.54) is 26.4 Å². The summed E-state index contributed by atoms with van der Waals surface area (Å²) in [7, 11) is 2.94. The number of hydrogen-bond acceptors (Lipinski definition) is 3. The average molecular weight is 227 g/mol. The first-order valence-corrected chi connectivity index (χ1v) is 4.73. The molecule has 4 nitrogen and oxygen atoms in total. The Labute approximate surface area is 93.2 Å². The first-order valence-electron chi connectivity index (χ1n) is 4.73. The van der Waals surface area contributed by atoms with E-state index in [1.807, 2.05) is 0 Å². The van der Waals surface area contributed by atoms with Crippen molar-refractivity contribution in [1.29, 1.82) is 0 Å². The van der Waals surface area contributed by atoms with Crippen LogP contribution in [0.25, 0.3) is 0 Å². The second-order valence-corrected chi connectivity index (χ2v) is 3.24. The van der Waals surface area contributed by atoms with Crippen molar-refractivity contribution in [1.82, 2.24) is 0 Å². The Morgan fingerprint density at radius 2 is 2.06 bits per heavy atom. The smallest absolute Gasteiger partial charge is 0.251 e. The average Bonchev–Trinajstić information content (AvgIpc) is 2.25. The summed E-state index contributed by atoms with van der Waals surface area (Å²) >= 11 is 0. The molecule has 0 saturated heterocycles. The van der Waals surface area contributed by atoms with Gasteiger partial charge in [-0.25, -0.2) is 4.39 Å². The van der Waals surface area contributed by atoms with Gasteiger partial charge in [0.1, 0.15) is 5.82 Å². The molecule has 5 heteroatoms. The monoisotopic (exact) mass is 227 g/mol. The lowest BCUT2D eigenvalue weighted by Crippen LogP contribution is -2.21. The Kier molecular flexibility index (Phi) is 4.39. The molecule has 0 bridgehead atoms. The molecule has 0 fully saturated rings. The lowest BCUT2D eigenvalue weighted by molar-refractivity contribution is -0.100. The van der Waals surface area contributed by atoms with Gasteiger partial charge in [0, 0.05) is 20.6 Å². The third-order valence-electron chi connectivity index (χ3n) is 2.26. The lowest BCUT2D eigenvalue weighted by atomic mass is 10.0. The number of halogens is 1. The first-order chi connectivity index (χ1) is 7.60. The van der Waals surface area contributed by atoms with Crippen molar-refractivity contribution >= 4 is 5.91 Å². The van der Waals surface area contributed by atoms with Gasteiger partial charge in [0.25, 0.3) is 5.91 Å². The van der Waals surface area contributed by atoms with Gasteiger partial charge in [0.05, 0.1) is 5.56 Å². The molecular weight excluding hydrogens is 213 g/mol. The van der Waals surface area contributed by atoms with Gasteiger partial charge in [-0.3, -0.25) is 4.79 Å². The highest BCUT2D eigenvalue weighted by Crippen LogP contribution is 2.16. The van der Waals surface area contributed by atoms with Crippen molar-refractivity contribution < 1.29 is 18.7 Å². The highest BCUT2D eigenvalue weighted by atomic mass is 19.1. The summed E-state index contributed by atoms with van der Waals surface area (Å²) in [5.41, 5.74) is 5.48. The number of ether oxygens (including phenoxy) is 2. The molecule has 2 N–H and O–H groups in total. The molecule has 0 spiro atoms. The van der Waals surface area contributed by atoms with Crippen LogP contribution < -0.4 is 5.73 Å². The van der Waals surface area contributed by atoms with Crippen LogP contribution in [0.1, 0.15) is 15.9 Å². The van der Waals surface area contributed by atoms with Crippen LogP contribution in [0.5, 0.6) is 0 Å². The topological polar surface area (TPSA) is 61.5 Å². The molecule has 0 atom stereocenters. The summed E-state index contributed by atoms with van der Waals surface area (Å²) in [5.74, 6) is -1.42. The van der Waals surface area contributed by atoms with E-state index in [4.69, 9.17) is 15.2 Å². The van der Waals surface area contributed by atoms with Crippen LogP contribution in [0.3, 0.4) is 0 Å². The third kappa shape index (κ3) is 2.77. The number of methoxy groups -OCH3 is 2. The van der Waals surface area contributed by atoms with Gasteiger partial charge in [0.2, 0.25) is 0 Å². The molecule has 0 aliphatic carbocycles. The molecule has 0 heterocycles. The second-order valence-electron chi connectivity index (χ2n) is 3.24. The molecule has 1 amide bonds. The summed E-state index contributed by atoms with van der Waals surface area (Å²) in [6.45, 7) is 0. The van der Waals surface area contributed by atoms with E-state index in [0.717, 1.165) is 0 Å². The number of amides is 1. The van der Waals surface area contributed by atoms with Crippen LogP contribution in [0.15, 0.2) is 18.2 Å². The number of benzene rings is 1. The summed E-state index contributed by atoms with van der Waals surface area (Å²) in [6, 6.07) is 4.33. The Morgan fingerprint density at radius 1 is 1.44 bits per heavy atom. The minimum Gasteiger partial charge on any atom is -0.365 e. The maximum Gasteiger partial charge on any atom is 0.251 e. The molecular formula is C11H14FNO3. The van der Waals surface area contributed by atoms with Crippen molar-refractivity contribution in [3.8, 4) is 0 Å². The van der Waals surface area contributed by atoms with Gasteiger partial charge >= 0.3 is 0 Å². The normalized spacial score (nSPS) is 10.8. The SMILES string of the molecule is COC(Cc1cccc(F)c1C(N)=O)OC. The van der Waals surface area contributed by atoms with Crippen LogP contribution in [0.4, 0.5) is 4.39 Å². The highest BCUT2D eigenvalue weighted by Gasteiger charge is 2.16. The lowest BCUT2D eigenvalue weighted by Gasteiger charge is -2.15. The van der Waals surface area contributed by atoms with Crippen LogP contribution in [0, 0.1) is 5.82 Å². The fourth-order valence-electron chi connectivity index (χ4n) is 1.46. The molecule has 1 aromatic rings. The second kappa shape index (κ2) is 5.58. The van der Waals surface area contributed by atoms with E-state index in [9.17, 15) is 9.18 Å². The van der Waals surface area contributed by atoms with Gasteiger partial charge in [-0.2, -0.15) is 0 Å². The number of carbonyl (C=O) groups is 1. The van der Waals surface area contributed by atoms with Gasteiger partial charge in [0.15, 0.2) is 6.29 Å². The predicted octanol–water partition coefficient (Wildman–Crippen LogP) is 1.09. The molecule has 1 aromatic carbocycles. The Bertz CT molecular complexity index is 377. The van der Waals surface area contributed by atoms with E-state index in [2.05, 4.69) is 0 Å². The number of nitrogens with two attached hydrogens (primary N) is 1. The van der Waals surface area contributed by atoms with Crippen molar-refractivity contribution in [2.75, 3.05) is 14.2 Å². The Morgan fingerprint density at radius 3 is 2.56 bits per heavy atom. The van der Waals surface area contributed by atoms with Crippen molar-refractivity contribution in [2.45, 2.75) is 12.7 Å². The summed E-state index contributed by atoms with van der Waals surface area (Å²) in [4.78, 5) is 11.1. The molecule has 0 radical (unpaired) electrons. The van der Waals surface area contributed by atoms with E-state index in [-0.39, 0.29) is 12.0 Å². The molecule has 0 aliphatic rings. The fourth-order valence-corrected chi connectivity index (χ4v) is 1.46. The van der Waals surface area contributed by atoms with Crippen LogP contribution in [0.2, 0.25) is 0 Å². The van der Waals surface area contributed by atoms with Gasteiger partial charge in [-0.1, -0.05) is 12.1 Å². The van der Waals surface area contributed by atoms with Gasteiger partial charge < -0.3 is 15.2 Å². The van der Waals surface area contributed by atoms with E-state index in [1.54, 1.807) is 6.07 Å². The quantitative estimate of drug-likeness (QED) is 0.766. The molecule has 88 valence electrons. The van der Waals surface area contributed by atoms with Crippen LogP contribution in [-0.2, 0) is 15.9 Å². The number of hydrogen-bond donors (Lipinski definition) is 1. The number of primary amides is 1. The highest BCUT2D eigenvalue weighted by molar-refractivity contribution is 5.94. The van der Waals surface area contributed by atoms with Gasteiger partial charge in [-0.15, -0.1) is 0 Å². The maximum absolute atomic E-state index is 13.4. The Hall–Kier alpha value is -1.46. The summed E-state index contributed by atoms with van der Waals surface area (Å²) < 4.78 is 23.3. The minimum atomic E-state index is -0.793. The number of carbonyl (C=O) groups excluding carboxylic acids is 1. The van der Waals surface area contributed by atoms with Gasteiger partial charge in [-0.05, 0) is 11.6 Å². The van der Waals surface area contributed by atoms with Crippen molar-refractivity contribution in [2.24, 2.45) is 5.73 Å². The van der Waals surface area contributed by atoms with Crippen LogP contribution >= 0.6 is 0 Å². The molecule has 0 unspecified atom stereocenters. The van der Waals surface area contributed by atoms with Crippen molar-refractivity contribution in [3.05, 3.63) is 35.1 Å². The summed E-state index contributed by atoms with van der Waals surface area (Å²) in [5, 5.41) is 0. The summed E-state index contributed by atoms with van der Waals surface area (Å²) in [6.07, 6.45) is -0.261. The van der Waals surface area contributed by atoms with E-state index in [0.29, 0.717) is 5.56 Å². The zero-order valence-corrected chi connectivity index (χ0v) is 9.20. The zero-order chi connectivity index (χ0) is 12.1. The van der Waals surface area contributed by atoms with Crippen molar-refractivity contribution in [3.63, 3.8) is 0 Å². The largest absolute Gasteiger partial charge is 0.365 e. The predicted molar refractivity (Wildman–Crippen MR) is 56.4 cm³/mol. The molecule has 16 heavy (non-hydrogen) atoms. The fraction of sp³-hybridized carbons (Fsp3) is 0.364. The Balaban J connectivity index is 3.03. The third-order valence-corrected chi connectivity index (χ3v) is 2.26. The van der Waals surface area contributed by atoms with Crippen LogP contribution in [-0.4, -0.2) is 26.4 Å². The first kappa shape index (κ1) is 12.6. The minimum absolute atomic E-state index is 0.110.